The number of amides is 1. The summed E-state index contributed by atoms with van der Waals surface area (Å²) in [5.74, 6) is 0.763. The number of ether oxygens (including phenoxy) is 1. The summed E-state index contributed by atoms with van der Waals surface area (Å²) in [5, 5.41) is 8.80. The quantitative estimate of drug-likeness (QED) is 0.741. The Kier molecular flexibility index (Phi) is 5.84. The van der Waals surface area contributed by atoms with E-state index in [1.54, 1.807) is 31.6 Å². The van der Waals surface area contributed by atoms with E-state index in [0.29, 0.717) is 18.4 Å². The fourth-order valence-electron chi connectivity index (χ4n) is 3.91. The monoisotopic (exact) mass is 418 g/mol. The van der Waals surface area contributed by atoms with E-state index in [0.717, 1.165) is 34.7 Å². The van der Waals surface area contributed by atoms with Crippen molar-refractivity contribution in [1.82, 2.24) is 10.4 Å². The molecule has 2 atom stereocenters. The first kappa shape index (κ1) is 20.8. The third-order valence-electron chi connectivity index (χ3n) is 6.01. The van der Waals surface area contributed by atoms with Gasteiger partial charge in [-0.05, 0) is 74.2 Å². The summed E-state index contributed by atoms with van der Waals surface area (Å²) >= 11 is 0. The first-order valence-corrected chi connectivity index (χ1v) is 10.3. The molecule has 1 aliphatic heterocycles. The maximum absolute atomic E-state index is 12.3. The van der Waals surface area contributed by atoms with Crippen molar-refractivity contribution in [3.63, 3.8) is 0 Å². The average molecular weight is 418 g/mol. The van der Waals surface area contributed by atoms with Gasteiger partial charge in [0.05, 0.1) is 18.5 Å². The zero-order valence-corrected chi connectivity index (χ0v) is 18.0. The van der Waals surface area contributed by atoms with Crippen LogP contribution in [-0.4, -0.2) is 35.0 Å². The minimum Gasteiger partial charge on any atom is -0.497 e. The third kappa shape index (κ3) is 4.50. The van der Waals surface area contributed by atoms with Gasteiger partial charge in [0.2, 0.25) is 0 Å². The third-order valence-corrected chi connectivity index (χ3v) is 6.01. The number of oxime groups is 1. The Morgan fingerprint density at radius 1 is 1.23 bits per heavy atom. The molecular formula is C24H26N4O3. The lowest BCUT2D eigenvalue weighted by molar-refractivity contribution is -0.0470. The Balaban J connectivity index is 1.43. The van der Waals surface area contributed by atoms with Gasteiger partial charge in [-0.3, -0.25) is 9.78 Å². The summed E-state index contributed by atoms with van der Waals surface area (Å²) in [5.41, 5.74) is 6.66. The summed E-state index contributed by atoms with van der Waals surface area (Å²) < 4.78 is 5.23. The molecule has 1 N–H and O–H groups in total. The van der Waals surface area contributed by atoms with E-state index in [1.165, 1.54) is 0 Å². The van der Waals surface area contributed by atoms with E-state index in [2.05, 4.69) is 33.7 Å². The van der Waals surface area contributed by atoms with Gasteiger partial charge in [-0.2, -0.15) is 5.10 Å². The fourth-order valence-corrected chi connectivity index (χ4v) is 3.91. The second kappa shape index (κ2) is 8.71. The zero-order valence-electron chi connectivity index (χ0n) is 18.0. The van der Waals surface area contributed by atoms with Crippen LogP contribution in [0.5, 0.6) is 5.75 Å². The highest BCUT2D eigenvalue weighted by Crippen LogP contribution is 2.40. The molecule has 1 aromatic carbocycles. The molecule has 0 bridgehead atoms. The molecule has 0 fully saturated rings. The van der Waals surface area contributed by atoms with Gasteiger partial charge in [0, 0.05) is 30.3 Å². The van der Waals surface area contributed by atoms with Crippen LogP contribution in [0.3, 0.4) is 0 Å². The van der Waals surface area contributed by atoms with Crippen LogP contribution in [0.25, 0.3) is 0 Å². The lowest BCUT2D eigenvalue weighted by atomic mass is 9.75. The lowest BCUT2D eigenvalue weighted by Gasteiger charge is -2.34. The number of nitrogens with zero attached hydrogens (tertiary/aromatic N) is 3. The molecule has 2 heterocycles. The highest BCUT2D eigenvalue weighted by molar-refractivity contribution is 6.03. The highest BCUT2D eigenvalue weighted by atomic mass is 16.7. The molecule has 1 aliphatic carbocycles. The van der Waals surface area contributed by atoms with Crippen LogP contribution in [0.4, 0.5) is 0 Å². The van der Waals surface area contributed by atoms with Crippen LogP contribution in [-0.2, 0) is 4.84 Å². The summed E-state index contributed by atoms with van der Waals surface area (Å²) in [6.45, 7) is 4.12. The summed E-state index contributed by atoms with van der Waals surface area (Å²) in [4.78, 5) is 22.2. The molecule has 0 saturated carbocycles. The number of methoxy groups -OCH3 is 1. The van der Waals surface area contributed by atoms with Gasteiger partial charge in [-0.25, -0.2) is 5.43 Å². The molecule has 0 radical (unpaired) electrons. The van der Waals surface area contributed by atoms with E-state index < -0.39 is 5.60 Å². The topological polar surface area (TPSA) is 85.2 Å². The van der Waals surface area contributed by atoms with Crippen molar-refractivity contribution < 1.29 is 14.4 Å². The van der Waals surface area contributed by atoms with Crippen molar-refractivity contribution in [3.05, 3.63) is 71.6 Å². The Labute approximate surface area is 181 Å². The minimum absolute atomic E-state index is 0.201. The maximum atomic E-state index is 12.3. The molecular weight excluding hydrogens is 392 g/mol. The Bertz CT molecular complexity index is 1040. The van der Waals surface area contributed by atoms with Gasteiger partial charge < -0.3 is 9.57 Å². The molecule has 7 heteroatoms. The van der Waals surface area contributed by atoms with Crippen molar-refractivity contribution >= 4 is 17.3 Å². The molecule has 1 amide bonds. The molecule has 31 heavy (non-hydrogen) atoms. The summed E-state index contributed by atoms with van der Waals surface area (Å²) in [6, 6.07) is 11.2. The Hall–Kier alpha value is -3.48. The van der Waals surface area contributed by atoms with Gasteiger partial charge in [0.15, 0.2) is 0 Å². The standard InChI is InChI=1S/C24H26N4O3/c1-16-4-7-19(14-21(16)26-27-23(29)18-10-12-25-13-11-18)24(2)15-22(28-31-24)17-5-8-20(30-3)9-6-17/h4-6,8-13,19H,7,14-15H2,1-3H3,(H,27,29)/b26-21-/t19-,24?/m0/s1. The second-order valence-corrected chi connectivity index (χ2v) is 8.11. The molecule has 1 unspecified atom stereocenters. The van der Waals surface area contributed by atoms with E-state index in [9.17, 15) is 4.79 Å². The van der Waals surface area contributed by atoms with Crippen LogP contribution in [0.2, 0.25) is 0 Å². The highest BCUT2D eigenvalue weighted by Gasteiger charge is 2.43. The molecule has 2 aromatic rings. The predicted octanol–water partition coefficient (Wildman–Crippen LogP) is 4.12. The van der Waals surface area contributed by atoms with E-state index in [4.69, 9.17) is 9.57 Å². The maximum Gasteiger partial charge on any atom is 0.271 e. The second-order valence-electron chi connectivity index (χ2n) is 8.11. The van der Waals surface area contributed by atoms with Crippen molar-refractivity contribution in [1.29, 1.82) is 0 Å². The Morgan fingerprint density at radius 2 is 1.97 bits per heavy atom. The molecule has 7 nitrogen and oxygen atoms in total. The molecule has 160 valence electrons. The number of hydrogen-bond donors (Lipinski definition) is 1. The van der Waals surface area contributed by atoms with Gasteiger partial charge in [0.25, 0.3) is 5.91 Å². The summed E-state index contributed by atoms with van der Waals surface area (Å²) in [6.07, 6.45) is 7.64. The number of allylic oxidation sites excluding steroid dienone is 2. The van der Waals surface area contributed by atoms with Gasteiger partial charge >= 0.3 is 0 Å². The van der Waals surface area contributed by atoms with Crippen molar-refractivity contribution in [3.8, 4) is 5.75 Å². The lowest BCUT2D eigenvalue weighted by Crippen LogP contribution is -2.38. The van der Waals surface area contributed by atoms with E-state index in [1.807, 2.05) is 31.2 Å². The molecule has 4 rings (SSSR count). The average Bonchev–Trinajstić information content (AvgIpc) is 3.22. The molecule has 0 saturated heterocycles. The van der Waals surface area contributed by atoms with Crippen molar-refractivity contribution in [2.24, 2.45) is 16.2 Å². The molecule has 0 spiro atoms. The van der Waals surface area contributed by atoms with Gasteiger partial charge in [-0.15, -0.1) is 0 Å². The SMILES string of the molecule is COc1ccc(C2=NOC(C)([C@H]3CC=C(C)/C(=N\NC(=O)c4ccncc4)C3)C2)cc1. The normalized spacial score (nSPS) is 24.2. The zero-order chi connectivity index (χ0) is 21.8. The predicted molar refractivity (Wildman–Crippen MR) is 119 cm³/mol. The summed E-state index contributed by atoms with van der Waals surface area (Å²) in [7, 11) is 1.65. The largest absolute Gasteiger partial charge is 0.497 e. The van der Waals surface area contributed by atoms with E-state index >= 15 is 0 Å². The van der Waals surface area contributed by atoms with E-state index in [-0.39, 0.29) is 11.8 Å². The first-order chi connectivity index (χ1) is 15.0. The molecule has 2 aliphatic rings. The van der Waals surface area contributed by atoms with Crippen LogP contribution < -0.4 is 10.2 Å². The first-order valence-electron chi connectivity index (χ1n) is 10.3. The number of nitrogens with one attached hydrogen (secondary N) is 1. The number of pyridine rings is 1. The van der Waals surface area contributed by atoms with Crippen LogP contribution >= 0.6 is 0 Å². The van der Waals surface area contributed by atoms with Crippen LogP contribution in [0, 0.1) is 5.92 Å². The number of hydrogen-bond acceptors (Lipinski definition) is 6. The minimum atomic E-state index is -0.428. The smallest absolute Gasteiger partial charge is 0.271 e. The fraction of sp³-hybridized carbons (Fsp3) is 0.333. The van der Waals surface area contributed by atoms with Crippen molar-refractivity contribution in [2.75, 3.05) is 7.11 Å². The number of carbonyl (C=O) groups is 1. The number of benzene rings is 1. The molecule has 1 aromatic heterocycles. The van der Waals surface area contributed by atoms with Gasteiger partial charge in [0.1, 0.15) is 11.4 Å². The van der Waals surface area contributed by atoms with Gasteiger partial charge in [-0.1, -0.05) is 11.2 Å². The Morgan fingerprint density at radius 3 is 2.68 bits per heavy atom. The number of carbonyl (C=O) groups excluding carboxylic acids is 1. The number of aromatic nitrogens is 1. The van der Waals surface area contributed by atoms with Crippen LogP contribution in [0.1, 0.15) is 49.0 Å². The number of rotatable bonds is 5. The van der Waals surface area contributed by atoms with Crippen molar-refractivity contribution in [2.45, 2.75) is 38.7 Å². The van der Waals surface area contributed by atoms with Crippen LogP contribution in [0.15, 0.2) is 70.7 Å². The number of hydrazone groups is 1.